The van der Waals surface area contributed by atoms with E-state index < -0.39 is 17.5 Å². The van der Waals surface area contributed by atoms with E-state index in [4.69, 9.17) is 15.1 Å². The van der Waals surface area contributed by atoms with Crippen molar-refractivity contribution < 1.29 is 22.4 Å². The molecule has 8 nitrogen and oxygen atoms in total. The Hall–Kier alpha value is -5.58. The molecule has 0 bridgehead atoms. The predicted molar refractivity (Wildman–Crippen MR) is 178 cm³/mol. The molecule has 0 saturated carbocycles. The summed E-state index contributed by atoms with van der Waals surface area (Å²) in [5, 5.41) is 13.2. The number of halogens is 3. The van der Waals surface area contributed by atoms with Crippen LogP contribution in [-0.2, 0) is 25.8 Å². The minimum atomic E-state index is -0.923. The number of nitrogens with one attached hydrogen (secondary N) is 1. The number of aryl methyl sites for hydroxylation is 3. The van der Waals surface area contributed by atoms with Gasteiger partial charge < -0.3 is 15.5 Å². The van der Waals surface area contributed by atoms with E-state index in [0.717, 1.165) is 28.5 Å². The fourth-order valence-electron chi connectivity index (χ4n) is 5.81. The Morgan fingerprint density at radius 3 is 2.33 bits per heavy atom. The van der Waals surface area contributed by atoms with Crippen LogP contribution in [-0.4, -0.2) is 26.1 Å². The van der Waals surface area contributed by atoms with Crippen LogP contribution in [0.2, 0.25) is 0 Å². The first-order valence-electron chi connectivity index (χ1n) is 15.5. The molecule has 0 fully saturated rings. The minimum Gasteiger partial charge on any atom is -0.421 e. The van der Waals surface area contributed by atoms with Crippen LogP contribution >= 0.6 is 0 Å². The molecule has 3 heterocycles. The maximum atomic E-state index is 13.8. The lowest BCUT2D eigenvalue weighted by molar-refractivity contribution is 0.0999. The first-order valence-corrected chi connectivity index (χ1v) is 15.5. The second kappa shape index (κ2) is 13.6. The number of aromatic nitrogens is 4. The zero-order valence-electron chi connectivity index (χ0n) is 26.7. The molecule has 6 aromatic rings. The standard InChI is InChI=1S/C37H33F3N6O2/c1-20(2)16-31-33(35(41)47)32(34(37-46-45-21(3)48-37)30(44-31)13-7-22-4-9-26(38)10-5-22)25-8-11-27-24(18-25)14-15-42-36(27)43-19-23-6-12-28(39)29(40)17-23/h4-6,8-12,14-15,17-18,20H,7,13,16,19H2,1-3H3,(H2,41,47)(H,42,43). The first kappa shape index (κ1) is 32.4. The average molecular weight is 651 g/mol. The quantitative estimate of drug-likeness (QED) is 0.147. The SMILES string of the molecule is Cc1nnc(-c2c(CCc3ccc(F)cc3)nc(CC(C)C)c(C(N)=O)c2-c2ccc3c(NCc4ccc(F)c(F)c4)nccc3c2)o1. The van der Waals surface area contributed by atoms with E-state index in [1.54, 1.807) is 25.3 Å². The van der Waals surface area contributed by atoms with Crippen molar-refractivity contribution in [3.05, 3.63) is 124 Å². The molecule has 0 aliphatic carbocycles. The van der Waals surface area contributed by atoms with E-state index in [2.05, 4.69) is 20.5 Å². The third kappa shape index (κ3) is 6.90. The molecule has 0 spiro atoms. The van der Waals surface area contributed by atoms with Crippen LogP contribution in [0, 0.1) is 30.3 Å². The molecule has 244 valence electrons. The Labute approximate surface area is 275 Å². The number of pyridine rings is 2. The molecule has 48 heavy (non-hydrogen) atoms. The summed E-state index contributed by atoms with van der Waals surface area (Å²) in [6.45, 7) is 5.98. The fourth-order valence-corrected chi connectivity index (χ4v) is 5.81. The van der Waals surface area contributed by atoms with Crippen LogP contribution in [0.4, 0.5) is 19.0 Å². The number of anilines is 1. The third-order valence-corrected chi connectivity index (χ3v) is 8.00. The Morgan fingerprint density at radius 1 is 0.875 bits per heavy atom. The highest BCUT2D eigenvalue weighted by atomic mass is 19.2. The zero-order chi connectivity index (χ0) is 33.9. The van der Waals surface area contributed by atoms with E-state index in [1.807, 2.05) is 38.1 Å². The summed E-state index contributed by atoms with van der Waals surface area (Å²) in [4.78, 5) is 22.8. The lowest BCUT2D eigenvalue weighted by atomic mass is 9.87. The Kier molecular flexibility index (Phi) is 9.20. The normalized spacial score (nSPS) is 11.4. The number of carbonyl (C=O) groups is 1. The van der Waals surface area contributed by atoms with Gasteiger partial charge >= 0.3 is 0 Å². The number of fused-ring (bicyclic) bond motifs is 1. The van der Waals surface area contributed by atoms with E-state index in [9.17, 15) is 18.0 Å². The number of hydrogen-bond donors (Lipinski definition) is 2. The summed E-state index contributed by atoms with van der Waals surface area (Å²) >= 11 is 0. The van der Waals surface area contributed by atoms with Crippen molar-refractivity contribution in [1.82, 2.24) is 20.2 Å². The lowest BCUT2D eigenvalue weighted by Gasteiger charge is -2.20. The molecule has 3 N–H and O–H groups in total. The molecular formula is C37H33F3N6O2. The topological polar surface area (TPSA) is 120 Å². The van der Waals surface area contributed by atoms with Crippen molar-refractivity contribution in [1.29, 1.82) is 0 Å². The maximum absolute atomic E-state index is 13.8. The van der Waals surface area contributed by atoms with Crippen molar-refractivity contribution in [2.24, 2.45) is 11.7 Å². The van der Waals surface area contributed by atoms with Gasteiger partial charge in [0.15, 0.2) is 11.6 Å². The van der Waals surface area contributed by atoms with Gasteiger partial charge in [0.05, 0.1) is 22.5 Å². The molecule has 0 atom stereocenters. The van der Waals surface area contributed by atoms with Crippen LogP contribution in [0.25, 0.3) is 33.4 Å². The molecule has 0 saturated heterocycles. The Morgan fingerprint density at radius 2 is 1.65 bits per heavy atom. The van der Waals surface area contributed by atoms with Crippen molar-refractivity contribution in [3.8, 4) is 22.6 Å². The summed E-state index contributed by atoms with van der Waals surface area (Å²) in [5.74, 6) is -1.54. The Balaban J connectivity index is 1.50. The smallest absolute Gasteiger partial charge is 0.251 e. The summed E-state index contributed by atoms with van der Waals surface area (Å²) in [6.07, 6.45) is 3.12. The van der Waals surface area contributed by atoms with Gasteiger partial charge in [-0.05, 0) is 83.7 Å². The van der Waals surface area contributed by atoms with Gasteiger partial charge in [-0.15, -0.1) is 10.2 Å². The predicted octanol–water partition coefficient (Wildman–Crippen LogP) is 7.77. The van der Waals surface area contributed by atoms with Crippen molar-refractivity contribution in [3.63, 3.8) is 0 Å². The van der Waals surface area contributed by atoms with Gasteiger partial charge in [0.25, 0.3) is 5.91 Å². The molecular weight excluding hydrogens is 617 g/mol. The van der Waals surface area contributed by atoms with Crippen LogP contribution in [0.1, 0.15) is 52.6 Å². The largest absolute Gasteiger partial charge is 0.421 e. The number of nitrogens with two attached hydrogens (primary N) is 1. The molecule has 3 aromatic carbocycles. The van der Waals surface area contributed by atoms with E-state index in [-0.39, 0.29) is 29.7 Å². The summed E-state index contributed by atoms with van der Waals surface area (Å²) in [5.41, 5.74) is 10.8. The van der Waals surface area contributed by atoms with E-state index in [0.29, 0.717) is 64.6 Å². The molecule has 6 rings (SSSR count). The van der Waals surface area contributed by atoms with Crippen LogP contribution in [0.15, 0.2) is 77.3 Å². The highest BCUT2D eigenvalue weighted by molar-refractivity contribution is 6.06. The van der Waals surface area contributed by atoms with E-state index in [1.165, 1.54) is 18.2 Å². The second-order valence-corrected chi connectivity index (χ2v) is 12.0. The zero-order valence-corrected chi connectivity index (χ0v) is 26.7. The van der Waals surface area contributed by atoms with Crippen LogP contribution in [0.5, 0.6) is 0 Å². The first-order chi connectivity index (χ1) is 23.1. The summed E-state index contributed by atoms with van der Waals surface area (Å²) in [7, 11) is 0. The molecule has 1 amide bonds. The number of benzene rings is 3. The highest BCUT2D eigenvalue weighted by Crippen LogP contribution is 2.40. The van der Waals surface area contributed by atoms with Crippen LogP contribution < -0.4 is 11.1 Å². The fraction of sp³-hybridized carbons (Fsp3) is 0.216. The van der Waals surface area contributed by atoms with Gasteiger partial charge in [-0.3, -0.25) is 9.78 Å². The number of rotatable bonds is 11. The van der Waals surface area contributed by atoms with Gasteiger partial charge in [-0.2, -0.15) is 0 Å². The van der Waals surface area contributed by atoms with Gasteiger partial charge in [0.2, 0.25) is 11.8 Å². The highest BCUT2D eigenvalue weighted by Gasteiger charge is 2.28. The second-order valence-electron chi connectivity index (χ2n) is 12.0. The molecule has 11 heteroatoms. The number of carbonyl (C=O) groups excluding carboxylic acids is 1. The molecule has 0 radical (unpaired) electrons. The van der Waals surface area contributed by atoms with Crippen LogP contribution in [0.3, 0.4) is 0 Å². The maximum Gasteiger partial charge on any atom is 0.251 e. The van der Waals surface area contributed by atoms with Gasteiger partial charge in [-0.25, -0.2) is 18.2 Å². The summed E-state index contributed by atoms with van der Waals surface area (Å²) < 4.78 is 46.8. The van der Waals surface area contributed by atoms with Gasteiger partial charge in [0.1, 0.15) is 11.6 Å². The number of primary amides is 1. The van der Waals surface area contributed by atoms with E-state index >= 15 is 0 Å². The van der Waals surface area contributed by atoms with Gasteiger partial charge in [0, 0.05) is 30.6 Å². The van der Waals surface area contributed by atoms with Crippen molar-refractivity contribution in [2.45, 2.75) is 46.6 Å². The molecule has 0 aliphatic heterocycles. The molecule has 0 aliphatic rings. The van der Waals surface area contributed by atoms with Gasteiger partial charge in [-0.1, -0.05) is 44.2 Å². The summed E-state index contributed by atoms with van der Waals surface area (Å²) in [6, 6.07) is 17.5. The average Bonchev–Trinajstić information content (AvgIpc) is 3.49. The monoisotopic (exact) mass is 650 g/mol. The Bertz CT molecular complexity index is 2130. The lowest BCUT2D eigenvalue weighted by Crippen LogP contribution is -2.20. The number of nitrogens with zero attached hydrogens (tertiary/aromatic N) is 4. The third-order valence-electron chi connectivity index (χ3n) is 8.00. The molecule has 3 aromatic heterocycles. The number of amides is 1. The van der Waals surface area contributed by atoms with Crippen molar-refractivity contribution in [2.75, 3.05) is 5.32 Å². The number of hydrogen-bond acceptors (Lipinski definition) is 7. The molecule has 0 unspecified atom stereocenters. The minimum absolute atomic E-state index is 0.163. The van der Waals surface area contributed by atoms with Crippen molar-refractivity contribution >= 4 is 22.5 Å².